The van der Waals surface area contributed by atoms with Gasteiger partial charge in [0, 0.05) is 6.04 Å². The van der Waals surface area contributed by atoms with Crippen molar-refractivity contribution in [2.24, 2.45) is 5.92 Å². The molecule has 6 nitrogen and oxygen atoms in total. The molecule has 7 heteroatoms. The lowest BCUT2D eigenvalue weighted by Crippen LogP contribution is -2.45. The molecule has 2 aromatic carbocycles. The fourth-order valence-corrected chi connectivity index (χ4v) is 3.82. The number of carbonyl (C=O) groups excluding carboxylic acids is 1. The van der Waals surface area contributed by atoms with E-state index in [4.69, 9.17) is 4.74 Å². The zero-order valence-electron chi connectivity index (χ0n) is 16.0. The van der Waals surface area contributed by atoms with Gasteiger partial charge in [-0.1, -0.05) is 32.0 Å². The van der Waals surface area contributed by atoms with Crippen molar-refractivity contribution < 1.29 is 17.9 Å². The van der Waals surface area contributed by atoms with Crippen LogP contribution in [0.1, 0.15) is 20.8 Å². The van der Waals surface area contributed by atoms with Crippen LogP contribution in [0.15, 0.2) is 59.5 Å². The fraction of sp³-hybridized carbons (Fsp3) is 0.350. The van der Waals surface area contributed by atoms with E-state index >= 15 is 0 Å². The van der Waals surface area contributed by atoms with Crippen molar-refractivity contribution in [1.29, 1.82) is 0 Å². The molecule has 0 saturated carbocycles. The summed E-state index contributed by atoms with van der Waals surface area (Å²) < 4.78 is 32.6. The van der Waals surface area contributed by atoms with Crippen molar-refractivity contribution in [2.75, 3.05) is 18.0 Å². The fourth-order valence-electron chi connectivity index (χ4n) is 2.38. The predicted molar refractivity (Wildman–Crippen MR) is 106 cm³/mol. The van der Waals surface area contributed by atoms with Crippen molar-refractivity contribution in [3.8, 4) is 5.75 Å². The number of hydrogen-bond donors (Lipinski definition) is 1. The van der Waals surface area contributed by atoms with Crippen LogP contribution in [-0.4, -0.2) is 34.0 Å². The molecule has 1 amide bonds. The standard InChI is InChI=1S/C20H26N2O4S/c1-15(2)16(3)21-20(23)14-22(17-10-12-18(26-4)13-11-17)27(24,25)19-8-6-5-7-9-19/h5-13,15-16H,14H2,1-4H3,(H,21,23). The second kappa shape index (κ2) is 8.90. The van der Waals surface area contributed by atoms with Crippen LogP contribution in [0, 0.1) is 5.92 Å². The van der Waals surface area contributed by atoms with E-state index in [0.29, 0.717) is 11.4 Å². The summed E-state index contributed by atoms with van der Waals surface area (Å²) in [5.74, 6) is 0.495. The number of rotatable bonds is 8. The van der Waals surface area contributed by atoms with Crippen LogP contribution in [0.3, 0.4) is 0 Å². The molecular weight excluding hydrogens is 364 g/mol. The molecular formula is C20H26N2O4S. The van der Waals surface area contributed by atoms with Crippen molar-refractivity contribution in [1.82, 2.24) is 5.32 Å². The van der Waals surface area contributed by atoms with E-state index in [2.05, 4.69) is 5.32 Å². The lowest BCUT2D eigenvalue weighted by atomic mass is 10.1. The summed E-state index contributed by atoms with van der Waals surface area (Å²) in [6.07, 6.45) is 0. The first-order valence-corrected chi connectivity index (χ1v) is 10.2. The normalized spacial score (nSPS) is 12.5. The van der Waals surface area contributed by atoms with Gasteiger partial charge < -0.3 is 10.1 Å². The van der Waals surface area contributed by atoms with Crippen LogP contribution in [0.25, 0.3) is 0 Å². The number of hydrogen-bond acceptors (Lipinski definition) is 4. The van der Waals surface area contributed by atoms with Crippen LogP contribution in [0.4, 0.5) is 5.69 Å². The van der Waals surface area contributed by atoms with Crippen LogP contribution < -0.4 is 14.4 Å². The molecule has 0 spiro atoms. The van der Waals surface area contributed by atoms with Gasteiger partial charge >= 0.3 is 0 Å². The topological polar surface area (TPSA) is 75.7 Å². The maximum atomic E-state index is 13.2. The molecule has 0 aliphatic carbocycles. The monoisotopic (exact) mass is 390 g/mol. The summed E-state index contributed by atoms with van der Waals surface area (Å²) in [5, 5.41) is 2.86. The van der Waals surface area contributed by atoms with E-state index in [-0.39, 0.29) is 29.3 Å². The minimum atomic E-state index is -3.89. The Labute approximate surface area is 161 Å². The molecule has 0 aromatic heterocycles. The van der Waals surface area contributed by atoms with Crippen LogP contribution >= 0.6 is 0 Å². The van der Waals surface area contributed by atoms with Gasteiger partial charge in [0.25, 0.3) is 10.0 Å². The second-order valence-electron chi connectivity index (χ2n) is 6.62. The zero-order valence-corrected chi connectivity index (χ0v) is 16.9. The molecule has 0 saturated heterocycles. The van der Waals surface area contributed by atoms with Gasteiger partial charge in [0.15, 0.2) is 0 Å². The second-order valence-corrected chi connectivity index (χ2v) is 8.49. The zero-order chi connectivity index (χ0) is 20.0. The lowest BCUT2D eigenvalue weighted by Gasteiger charge is -2.26. The van der Waals surface area contributed by atoms with E-state index in [1.54, 1.807) is 42.5 Å². The molecule has 0 aliphatic rings. The van der Waals surface area contributed by atoms with E-state index in [1.165, 1.54) is 19.2 Å². The first-order chi connectivity index (χ1) is 12.8. The summed E-state index contributed by atoms with van der Waals surface area (Å²) >= 11 is 0. The average Bonchev–Trinajstić information content (AvgIpc) is 2.66. The summed E-state index contributed by atoms with van der Waals surface area (Å²) in [5.41, 5.74) is 0.395. The Morgan fingerprint density at radius 1 is 1.04 bits per heavy atom. The number of amides is 1. The van der Waals surface area contributed by atoms with Crippen molar-refractivity contribution in [3.05, 3.63) is 54.6 Å². The van der Waals surface area contributed by atoms with Crippen molar-refractivity contribution >= 4 is 21.6 Å². The highest BCUT2D eigenvalue weighted by Crippen LogP contribution is 2.25. The first-order valence-electron chi connectivity index (χ1n) is 8.77. The highest BCUT2D eigenvalue weighted by Gasteiger charge is 2.27. The van der Waals surface area contributed by atoms with Gasteiger partial charge in [-0.2, -0.15) is 0 Å². The Hall–Kier alpha value is -2.54. The molecule has 0 radical (unpaired) electrons. The molecule has 0 heterocycles. The highest BCUT2D eigenvalue weighted by atomic mass is 32.2. The quantitative estimate of drug-likeness (QED) is 0.752. The smallest absolute Gasteiger partial charge is 0.264 e. The predicted octanol–water partition coefficient (Wildman–Crippen LogP) is 3.05. The van der Waals surface area contributed by atoms with Gasteiger partial charge in [-0.05, 0) is 49.2 Å². The third-order valence-corrected chi connectivity index (χ3v) is 6.16. The Morgan fingerprint density at radius 3 is 2.15 bits per heavy atom. The third-order valence-electron chi connectivity index (χ3n) is 4.37. The lowest BCUT2D eigenvalue weighted by molar-refractivity contribution is -0.120. The molecule has 0 bridgehead atoms. The van der Waals surface area contributed by atoms with Gasteiger partial charge in [0.1, 0.15) is 12.3 Å². The molecule has 1 N–H and O–H groups in total. The minimum Gasteiger partial charge on any atom is -0.497 e. The van der Waals surface area contributed by atoms with Crippen LogP contribution in [-0.2, 0) is 14.8 Å². The number of nitrogens with one attached hydrogen (secondary N) is 1. The number of ether oxygens (including phenoxy) is 1. The van der Waals surface area contributed by atoms with Crippen LogP contribution in [0.5, 0.6) is 5.75 Å². The van der Waals surface area contributed by atoms with E-state index < -0.39 is 10.0 Å². The van der Waals surface area contributed by atoms with Gasteiger partial charge in [0.2, 0.25) is 5.91 Å². The maximum Gasteiger partial charge on any atom is 0.264 e. The number of nitrogens with zero attached hydrogens (tertiary/aromatic N) is 1. The van der Waals surface area contributed by atoms with Crippen LogP contribution in [0.2, 0.25) is 0 Å². The van der Waals surface area contributed by atoms with Gasteiger partial charge in [-0.25, -0.2) is 8.42 Å². The molecule has 27 heavy (non-hydrogen) atoms. The molecule has 146 valence electrons. The SMILES string of the molecule is COc1ccc(N(CC(=O)NC(C)C(C)C)S(=O)(=O)c2ccccc2)cc1. The summed E-state index contributed by atoms with van der Waals surface area (Å²) in [6, 6.07) is 14.6. The van der Waals surface area contributed by atoms with Crippen molar-refractivity contribution in [3.63, 3.8) is 0 Å². The summed E-state index contributed by atoms with van der Waals surface area (Å²) in [6.45, 7) is 5.58. The molecule has 1 unspecified atom stereocenters. The highest BCUT2D eigenvalue weighted by molar-refractivity contribution is 7.92. The molecule has 0 fully saturated rings. The minimum absolute atomic E-state index is 0.0605. The van der Waals surface area contributed by atoms with Gasteiger partial charge in [-0.3, -0.25) is 9.10 Å². The molecule has 2 aromatic rings. The number of benzene rings is 2. The summed E-state index contributed by atoms with van der Waals surface area (Å²) in [7, 11) is -2.36. The first kappa shape index (κ1) is 20.8. The molecule has 0 aliphatic heterocycles. The molecule has 1 atom stereocenters. The Bertz CT molecular complexity index is 849. The van der Waals surface area contributed by atoms with E-state index in [1.807, 2.05) is 20.8 Å². The third kappa shape index (κ3) is 5.23. The number of sulfonamides is 1. The number of anilines is 1. The van der Waals surface area contributed by atoms with E-state index in [0.717, 1.165) is 4.31 Å². The van der Waals surface area contributed by atoms with Gasteiger partial charge in [-0.15, -0.1) is 0 Å². The van der Waals surface area contributed by atoms with Gasteiger partial charge in [0.05, 0.1) is 17.7 Å². The average molecular weight is 391 g/mol. The van der Waals surface area contributed by atoms with E-state index in [9.17, 15) is 13.2 Å². The maximum absolute atomic E-state index is 13.2. The Morgan fingerprint density at radius 2 is 1.63 bits per heavy atom. The Kier molecular flexibility index (Phi) is 6.85. The number of methoxy groups -OCH3 is 1. The largest absolute Gasteiger partial charge is 0.497 e. The Balaban J connectivity index is 2.37. The molecule has 2 rings (SSSR count). The van der Waals surface area contributed by atoms with Crippen molar-refractivity contribution in [2.45, 2.75) is 31.7 Å². The summed E-state index contributed by atoms with van der Waals surface area (Å²) in [4.78, 5) is 12.6. The number of carbonyl (C=O) groups is 1.